The van der Waals surface area contributed by atoms with E-state index in [1.807, 2.05) is 3.11 Å². The molecule has 0 saturated heterocycles. The van der Waals surface area contributed by atoms with Gasteiger partial charge in [-0.1, -0.05) is 17.4 Å². The van der Waals surface area contributed by atoms with Gasteiger partial charge in [-0.2, -0.15) is 10.7 Å². The van der Waals surface area contributed by atoms with Gasteiger partial charge in [-0.25, -0.2) is 8.10 Å². The maximum absolute atomic E-state index is 9.25. The lowest BCUT2D eigenvalue weighted by atomic mass is 10.1. The highest BCUT2D eigenvalue weighted by Crippen LogP contribution is 2.41. The fourth-order valence-corrected chi connectivity index (χ4v) is 3.50. The van der Waals surface area contributed by atoms with Crippen LogP contribution in [0.1, 0.15) is 22.7 Å². The zero-order valence-electron chi connectivity index (χ0n) is 10.3. The van der Waals surface area contributed by atoms with Crippen molar-refractivity contribution in [3.63, 3.8) is 0 Å². The van der Waals surface area contributed by atoms with Crippen LogP contribution in [0.15, 0.2) is 12.7 Å². The lowest BCUT2D eigenvalue weighted by molar-refractivity contribution is 0.0279. The third-order valence-electron chi connectivity index (χ3n) is 2.60. The summed E-state index contributed by atoms with van der Waals surface area (Å²) in [5.41, 5.74) is 3.72. The van der Waals surface area contributed by atoms with Crippen molar-refractivity contribution >= 4 is 34.2 Å². The minimum absolute atomic E-state index is 0.0298. The summed E-state index contributed by atoms with van der Waals surface area (Å²) in [5.74, 6) is 0. The molecule has 1 aliphatic rings. The molecule has 0 radical (unpaired) electrons. The normalized spacial score (nSPS) is 22.6. The van der Waals surface area contributed by atoms with E-state index in [0.29, 0.717) is 18.3 Å². The molecule has 0 amide bonds. The fraction of sp³-hybridized carbons (Fsp3) is 0.455. The van der Waals surface area contributed by atoms with Gasteiger partial charge in [-0.3, -0.25) is 4.84 Å². The van der Waals surface area contributed by atoms with Crippen molar-refractivity contribution < 1.29 is 9.57 Å². The molecule has 6 nitrogen and oxygen atoms in total. The summed E-state index contributed by atoms with van der Waals surface area (Å²) in [6.07, 6.45) is 1.67. The maximum Gasteiger partial charge on any atom is 0.273 e. The molecule has 0 fully saturated rings. The molecule has 1 N–H and O–H groups in total. The highest BCUT2D eigenvalue weighted by Gasteiger charge is 2.36. The molecule has 0 aromatic carbocycles. The van der Waals surface area contributed by atoms with Crippen LogP contribution in [0.5, 0.6) is 5.19 Å². The van der Waals surface area contributed by atoms with Gasteiger partial charge < -0.3 is 4.74 Å². The maximum atomic E-state index is 9.25. The van der Waals surface area contributed by atoms with Crippen molar-refractivity contribution in [2.45, 2.75) is 12.1 Å². The number of thiazole rings is 1. The average Bonchev–Trinajstić information content (AvgIpc) is 2.83. The lowest BCUT2D eigenvalue weighted by Gasteiger charge is -2.30. The fourth-order valence-electron chi connectivity index (χ4n) is 1.77. The van der Waals surface area contributed by atoms with Crippen molar-refractivity contribution in [2.24, 2.45) is 0 Å². The highest BCUT2D eigenvalue weighted by atomic mass is 127. The Bertz CT molecular complexity index is 501. The highest BCUT2D eigenvalue weighted by molar-refractivity contribution is 14.1. The first-order chi connectivity index (χ1) is 9.21. The number of aromatic nitrogens is 1. The standard InChI is InChI=1S/C11H13IN4O2S/c1-3-4-18-15-7-6-16(12)8(5-13)9-10(7)19-11(14-9)17-2/h3,7-8,15H,1,4,6H2,2H3. The first kappa shape index (κ1) is 14.7. The topological polar surface area (TPSA) is 70.4 Å². The average molecular weight is 392 g/mol. The number of fused-ring (bicyclic) bond motifs is 1. The van der Waals surface area contributed by atoms with Crippen molar-refractivity contribution in [2.75, 3.05) is 20.3 Å². The molecule has 0 spiro atoms. The largest absolute Gasteiger partial charge is 0.473 e. The van der Waals surface area contributed by atoms with Gasteiger partial charge in [0.05, 0.1) is 36.4 Å². The van der Waals surface area contributed by atoms with Crippen molar-refractivity contribution in [1.82, 2.24) is 13.6 Å². The third kappa shape index (κ3) is 3.06. The number of halogens is 1. The molecule has 2 atom stereocenters. The zero-order valence-corrected chi connectivity index (χ0v) is 13.3. The number of hydrogen-bond donors (Lipinski definition) is 1. The smallest absolute Gasteiger partial charge is 0.273 e. The Morgan fingerprint density at radius 3 is 3.21 bits per heavy atom. The van der Waals surface area contributed by atoms with E-state index in [2.05, 4.69) is 46.0 Å². The van der Waals surface area contributed by atoms with Crippen molar-refractivity contribution in [3.05, 3.63) is 23.2 Å². The second-order valence-electron chi connectivity index (χ2n) is 3.82. The van der Waals surface area contributed by atoms with Crippen molar-refractivity contribution in [1.29, 1.82) is 5.26 Å². The summed E-state index contributed by atoms with van der Waals surface area (Å²) < 4.78 is 7.07. The minimum atomic E-state index is -0.354. The van der Waals surface area contributed by atoms with E-state index in [4.69, 9.17) is 9.57 Å². The van der Waals surface area contributed by atoms with Crippen LogP contribution >= 0.6 is 34.2 Å². The summed E-state index contributed by atoms with van der Waals surface area (Å²) in [7, 11) is 1.57. The molecular weight excluding hydrogens is 379 g/mol. The summed E-state index contributed by atoms with van der Waals surface area (Å²) in [6, 6.07) is 1.87. The lowest BCUT2D eigenvalue weighted by Crippen LogP contribution is -2.37. The Balaban J connectivity index is 2.26. The van der Waals surface area contributed by atoms with Crippen LogP contribution in [-0.2, 0) is 4.84 Å². The van der Waals surface area contributed by atoms with Crippen molar-refractivity contribution in [3.8, 4) is 11.3 Å². The number of methoxy groups -OCH3 is 1. The Morgan fingerprint density at radius 1 is 1.79 bits per heavy atom. The van der Waals surface area contributed by atoms with Crippen LogP contribution < -0.4 is 10.2 Å². The molecule has 102 valence electrons. The molecule has 19 heavy (non-hydrogen) atoms. The zero-order chi connectivity index (χ0) is 13.8. The second kappa shape index (κ2) is 6.62. The minimum Gasteiger partial charge on any atom is -0.473 e. The third-order valence-corrected chi connectivity index (χ3v) is 4.69. The molecule has 0 bridgehead atoms. The van der Waals surface area contributed by atoms with Crippen LogP contribution in [-0.4, -0.2) is 28.4 Å². The summed E-state index contributed by atoms with van der Waals surface area (Å²) >= 11 is 3.57. The van der Waals surface area contributed by atoms with E-state index in [0.717, 1.165) is 10.6 Å². The van der Waals surface area contributed by atoms with Crippen LogP contribution in [0, 0.1) is 11.3 Å². The molecule has 0 aliphatic carbocycles. The number of nitriles is 1. The number of hydrogen-bond acceptors (Lipinski definition) is 7. The number of rotatable bonds is 5. The Kier molecular flexibility index (Phi) is 5.12. The first-order valence-electron chi connectivity index (χ1n) is 5.56. The Labute approximate surface area is 129 Å². The van der Waals surface area contributed by atoms with Gasteiger partial charge in [0.15, 0.2) is 6.04 Å². The van der Waals surface area contributed by atoms with E-state index >= 15 is 0 Å². The second-order valence-corrected chi connectivity index (χ2v) is 6.05. The van der Waals surface area contributed by atoms with Gasteiger partial charge in [0.2, 0.25) is 0 Å². The number of nitrogens with one attached hydrogen (secondary N) is 1. The molecule has 1 aromatic rings. The number of ether oxygens (including phenoxy) is 1. The van der Waals surface area contributed by atoms with Gasteiger partial charge in [0.25, 0.3) is 5.19 Å². The van der Waals surface area contributed by atoms with Crippen LogP contribution in [0.4, 0.5) is 0 Å². The predicted octanol–water partition coefficient (Wildman–Crippen LogP) is 2.13. The summed E-state index contributed by atoms with van der Waals surface area (Å²) in [4.78, 5) is 10.6. The monoisotopic (exact) mass is 392 g/mol. The van der Waals surface area contributed by atoms with Gasteiger partial charge in [-0.15, -0.1) is 6.58 Å². The molecule has 0 saturated carbocycles. The van der Waals surface area contributed by atoms with E-state index in [1.54, 1.807) is 13.2 Å². The van der Waals surface area contributed by atoms with Crippen LogP contribution in [0.3, 0.4) is 0 Å². The van der Waals surface area contributed by atoms with Gasteiger partial charge in [0.1, 0.15) is 0 Å². The molecule has 1 aromatic heterocycles. The SMILES string of the molecule is C=CCONC1CN(I)C(C#N)c2nc(OC)sc21. The molecule has 1 aliphatic heterocycles. The van der Waals surface area contributed by atoms with Gasteiger partial charge in [-0.05, 0) is 0 Å². The van der Waals surface area contributed by atoms with Crippen LogP contribution in [0.25, 0.3) is 0 Å². The van der Waals surface area contributed by atoms with Gasteiger partial charge >= 0.3 is 0 Å². The first-order valence-corrected chi connectivity index (χ1v) is 7.34. The summed E-state index contributed by atoms with van der Waals surface area (Å²) in [5, 5.41) is 9.82. The Hall–Kier alpha value is -0.730. The summed E-state index contributed by atoms with van der Waals surface area (Å²) in [6.45, 7) is 4.68. The Morgan fingerprint density at radius 2 is 2.58 bits per heavy atom. The quantitative estimate of drug-likeness (QED) is 0.272. The van der Waals surface area contributed by atoms with E-state index < -0.39 is 0 Å². The molecule has 2 rings (SSSR count). The predicted molar refractivity (Wildman–Crippen MR) is 79.8 cm³/mol. The van der Waals surface area contributed by atoms with Crippen LogP contribution in [0.2, 0.25) is 0 Å². The molecular formula is C11H13IN4O2S. The number of hydroxylamine groups is 1. The molecule has 2 heterocycles. The molecule has 8 heteroatoms. The number of nitrogens with zero attached hydrogens (tertiary/aromatic N) is 3. The van der Waals surface area contributed by atoms with E-state index in [1.165, 1.54) is 11.3 Å². The van der Waals surface area contributed by atoms with E-state index in [9.17, 15) is 5.26 Å². The molecule has 2 unspecified atom stereocenters. The van der Waals surface area contributed by atoms with Gasteiger partial charge in [0, 0.05) is 29.4 Å². The van der Waals surface area contributed by atoms with E-state index in [-0.39, 0.29) is 12.1 Å².